The van der Waals surface area contributed by atoms with Gasteiger partial charge in [0.2, 0.25) is 5.91 Å². The first kappa shape index (κ1) is 25.0. The summed E-state index contributed by atoms with van der Waals surface area (Å²) in [7, 11) is 3.60. The monoisotopic (exact) mass is 558 g/mol. The first-order chi connectivity index (χ1) is 16.8. The minimum absolute atomic E-state index is 0.0110. The molecule has 7 heteroatoms. The number of likely N-dealkylation sites (N-methyl/N-ethyl adjacent to an activating group) is 1. The van der Waals surface area contributed by atoms with Crippen molar-refractivity contribution in [2.24, 2.45) is 5.92 Å². The molecule has 3 atom stereocenters. The number of methoxy groups -OCH3 is 1. The van der Waals surface area contributed by atoms with Crippen molar-refractivity contribution in [3.63, 3.8) is 0 Å². The number of ether oxygens (including phenoxy) is 1. The first-order valence-corrected chi connectivity index (χ1v) is 14.3. The molecule has 5 rings (SSSR count). The number of hydrogen-bond acceptors (Lipinski definition) is 5. The lowest BCUT2D eigenvalue weighted by Crippen LogP contribution is -2.67. The number of thiophene rings is 1. The standard InChI is InChI=1S/C28H35BrN2O3S/c1-30(26(32)9-8-25-15-22(29)18-35-25)23-10-11-28(33)19-31(17-20-6-7-20)13-12-27(28,16-23)21-4-3-5-24(14-21)34-2/h3-5,8-9,14-15,18,20,23,33H,6-7,10-13,16-17,19H2,1-2H3/b9-8+/t23-,27+,28+/m1/s1. The van der Waals surface area contributed by atoms with Gasteiger partial charge in [0, 0.05) is 52.4 Å². The molecule has 2 saturated carbocycles. The number of aliphatic hydroxyl groups is 1. The second-order valence-corrected chi connectivity index (χ2v) is 12.5. The predicted molar refractivity (Wildman–Crippen MR) is 145 cm³/mol. The van der Waals surface area contributed by atoms with Crippen LogP contribution in [0.15, 0.2) is 46.3 Å². The number of fused-ring (bicyclic) bond motifs is 1. The highest BCUT2D eigenvalue weighted by Gasteiger charge is 2.58. The third-order valence-corrected chi connectivity index (χ3v) is 10.1. The Balaban J connectivity index is 1.40. The van der Waals surface area contributed by atoms with Crippen molar-refractivity contribution in [1.29, 1.82) is 0 Å². The highest BCUT2D eigenvalue weighted by Crippen LogP contribution is 2.53. The quantitative estimate of drug-likeness (QED) is 0.467. The van der Waals surface area contributed by atoms with Crippen LogP contribution in [-0.2, 0) is 10.2 Å². The summed E-state index contributed by atoms with van der Waals surface area (Å²) in [6.45, 7) is 2.79. The molecule has 0 bridgehead atoms. The van der Waals surface area contributed by atoms with Crippen LogP contribution in [-0.4, -0.2) is 66.2 Å². The van der Waals surface area contributed by atoms with E-state index in [4.69, 9.17) is 4.74 Å². The molecular weight excluding hydrogens is 524 g/mol. The topological polar surface area (TPSA) is 53.0 Å². The van der Waals surface area contributed by atoms with Crippen molar-refractivity contribution in [3.8, 4) is 5.75 Å². The van der Waals surface area contributed by atoms with E-state index in [-0.39, 0.29) is 11.9 Å². The molecule has 0 radical (unpaired) electrons. The van der Waals surface area contributed by atoms with Gasteiger partial charge in [-0.1, -0.05) is 12.1 Å². The Morgan fingerprint density at radius 3 is 2.86 bits per heavy atom. The summed E-state index contributed by atoms with van der Waals surface area (Å²) in [4.78, 5) is 18.5. The smallest absolute Gasteiger partial charge is 0.246 e. The van der Waals surface area contributed by atoms with Gasteiger partial charge in [0.05, 0.1) is 12.7 Å². The van der Waals surface area contributed by atoms with E-state index in [9.17, 15) is 9.90 Å². The molecular formula is C28H35BrN2O3S. The van der Waals surface area contributed by atoms with E-state index in [0.29, 0.717) is 13.0 Å². The number of nitrogens with zero attached hydrogens (tertiary/aromatic N) is 2. The Bertz CT molecular complexity index is 1100. The summed E-state index contributed by atoms with van der Waals surface area (Å²) in [5.74, 6) is 1.63. The highest BCUT2D eigenvalue weighted by molar-refractivity contribution is 9.10. The second kappa shape index (κ2) is 10.0. The van der Waals surface area contributed by atoms with Crippen LogP contribution in [0.2, 0.25) is 0 Å². The molecule has 3 fully saturated rings. The lowest BCUT2D eigenvalue weighted by Gasteiger charge is -2.59. The van der Waals surface area contributed by atoms with Crippen molar-refractivity contribution in [3.05, 3.63) is 56.7 Å². The zero-order valence-corrected chi connectivity index (χ0v) is 23.0. The number of hydrogen-bond donors (Lipinski definition) is 1. The molecule has 3 aliphatic rings. The van der Waals surface area contributed by atoms with Gasteiger partial charge in [-0.2, -0.15) is 0 Å². The summed E-state index contributed by atoms with van der Waals surface area (Å²) in [5.41, 5.74) is -0.0807. The van der Waals surface area contributed by atoms with Gasteiger partial charge in [0.1, 0.15) is 5.75 Å². The van der Waals surface area contributed by atoms with Crippen LogP contribution in [0.3, 0.4) is 0 Å². The molecule has 0 spiro atoms. The number of β-amino-alcohol motifs (C(OH)–C–C–N with tert-alkyl or cyclic N) is 1. The van der Waals surface area contributed by atoms with Crippen molar-refractivity contribution < 1.29 is 14.6 Å². The molecule has 2 aromatic rings. The molecule has 35 heavy (non-hydrogen) atoms. The van der Waals surface area contributed by atoms with Crippen molar-refractivity contribution in [2.75, 3.05) is 33.8 Å². The van der Waals surface area contributed by atoms with Gasteiger partial charge in [-0.05, 0) is 96.8 Å². The zero-order chi connectivity index (χ0) is 24.6. The average molecular weight is 560 g/mol. The first-order valence-electron chi connectivity index (χ1n) is 12.6. The summed E-state index contributed by atoms with van der Waals surface area (Å²) in [5, 5.41) is 14.3. The van der Waals surface area contributed by atoms with Gasteiger partial charge in [0.15, 0.2) is 0 Å². The van der Waals surface area contributed by atoms with E-state index >= 15 is 0 Å². The van der Waals surface area contributed by atoms with Gasteiger partial charge < -0.3 is 19.6 Å². The minimum Gasteiger partial charge on any atom is -0.497 e. The maximum absolute atomic E-state index is 13.1. The number of carbonyl (C=O) groups is 1. The molecule has 1 aromatic heterocycles. The summed E-state index contributed by atoms with van der Waals surface area (Å²) >= 11 is 5.08. The summed E-state index contributed by atoms with van der Waals surface area (Å²) in [6.07, 6.45) is 9.35. The number of rotatable bonds is 7. The fraction of sp³-hybridized carbons (Fsp3) is 0.536. The Kier molecular flexibility index (Phi) is 7.14. The number of carbonyl (C=O) groups excluding carboxylic acids is 1. The van der Waals surface area contributed by atoms with Crippen LogP contribution in [0.4, 0.5) is 0 Å². The fourth-order valence-corrected chi connectivity index (χ4v) is 7.51. The molecule has 0 unspecified atom stereocenters. The fourth-order valence-electron chi connectivity index (χ4n) is 6.17. The van der Waals surface area contributed by atoms with Gasteiger partial charge in [-0.25, -0.2) is 0 Å². The van der Waals surface area contributed by atoms with E-state index in [1.807, 2.05) is 41.6 Å². The van der Waals surface area contributed by atoms with Crippen LogP contribution in [0, 0.1) is 5.92 Å². The third kappa shape index (κ3) is 5.10. The average Bonchev–Trinajstić information content (AvgIpc) is 3.58. The molecule has 1 aromatic carbocycles. The van der Waals surface area contributed by atoms with Gasteiger partial charge in [0.25, 0.3) is 0 Å². The van der Waals surface area contributed by atoms with E-state index in [1.165, 1.54) is 12.8 Å². The molecule has 1 saturated heterocycles. The largest absolute Gasteiger partial charge is 0.497 e. The van der Waals surface area contributed by atoms with Crippen LogP contribution in [0.5, 0.6) is 5.75 Å². The Hall–Kier alpha value is -1.67. The predicted octanol–water partition coefficient (Wildman–Crippen LogP) is 5.33. The molecule has 5 nitrogen and oxygen atoms in total. The molecule has 1 N–H and O–H groups in total. The highest BCUT2D eigenvalue weighted by atomic mass is 79.9. The Morgan fingerprint density at radius 2 is 2.14 bits per heavy atom. The van der Waals surface area contributed by atoms with E-state index in [0.717, 1.165) is 58.9 Å². The Morgan fingerprint density at radius 1 is 1.31 bits per heavy atom. The number of benzene rings is 1. The number of piperidine rings is 1. The maximum Gasteiger partial charge on any atom is 0.246 e. The normalized spacial score (nSPS) is 29.2. The summed E-state index contributed by atoms with van der Waals surface area (Å²) in [6, 6.07) is 10.3. The zero-order valence-electron chi connectivity index (χ0n) is 20.6. The minimum atomic E-state index is -0.814. The second-order valence-electron chi connectivity index (χ2n) is 10.6. The Labute approximate surface area is 220 Å². The van der Waals surface area contributed by atoms with E-state index in [2.05, 4.69) is 33.0 Å². The summed E-state index contributed by atoms with van der Waals surface area (Å²) < 4.78 is 6.59. The molecule has 2 aliphatic carbocycles. The lowest BCUT2D eigenvalue weighted by atomic mass is 9.55. The van der Waals surface area contributed by atoms with Gasteiger partial charge in [-0.15, -0.1) is 11.3 Å². The van der Waals surface area contributed by atoms with Crippen LogP contribution < -0.4 is 4.74 Å². The van der Waals surface area contributed by atoms with Crippen LogP contribution in [0.25, 0.3) is 6.08 Å². The lowest BCUT2D eigenvalue weighted by molar-refractivity contribution is -0.144. The molecule has 188 valence electrons. The van der Waals surface area contributed by atoms with Crippen molar-refractivity contribution in [1.82, 2.24) is 9.80 Å². The van der Waals surface area contributed by atoms with Crippen molar-refractivity contribution in [2.45, 2.75) is 55.6 Å². The maximum atomic E-state index is 13.1. The number of amides is 1. The van der Waals surface area contributed by atoms with E-state index in [1.54, 1.807) is 24.5 Å². The SMILES string of the molecule is COc1cccc([C@@]23CCN(CC4CC4)C[C@@]2(O)CC[C@@H](N(C)C(=O)/C=C/c2cc(Br)cs2)C3)c1. The van der Waals surface area contributed by atoms with E-state index < -0.39 is 11.0 Å². The van der Waals surface area contributed by atoms with Crippen LogP contribution >= 0.6 is 27.3 Å². The van der Waals surface area contributed by atoms with Crippen LogP contribution in [0.1, 0.15) is 49.0 Å². The number of likely N-dealkylation sites (tertiary alicyclic amines) is 1. The van der Waals surface area contributed by atoms with Gasteiger partial charge in [-0.3, -0.25) is 4.79 Å². The number of halogens is 1. The molecule has 1 aliphatic heterocycles. The third-order valence-electron chi connectivity index (χ3n) is 8.41. The molecule has 1 amide bonds. The molecule has 2 heterocycles. The van der Waals surface area contributed by atoms with Crippen molar-refractivity contribution >= 4 is 39.2 Å². The van der Waals surface area contributed by atoms with Gasteiger partial charge >= 0.3 is 0 Å².